The number of hydrogen-bond donors (Lipinski definition) is 2. The lowest BCUT2D eigenvalue weighted by molar-refractivity contribution is -0.124. The molecule has 5 nitrogen and oxygen atoms in total. The zero-order valence-corrected chi connectivity index (χ0v) is 18.4. The predicted octanol–water partition coefficient (Wildman–Crippen LogP) is 3.13. The summed E-state index contributed by atoms with van der Waals surface area (Å²) >= 11 is 0. The molecule has 0 radical (unpaired) electrons. The summed E-state index contributed by atoms with van der Waals surface area (Å²) in [4.78, 5) is 15.0. The summed E-state index contributed by atoms with van der Waals surface area (Å²) in [6, 6.07) is 7.99. The van der Waals surface area contributed by atoms with E-state index in [1.807, 2.05) is 6.07 Å². The van der Waals surface area contributed by atoms with Gasteiger partial charge in [-0.3, -0.25) is 9.69 Å². The van der Waals surface area contributed by atoms with Crippen molar-refractivity contribution in [1.82, 2.24) is 10.2 Å². The van der Waals surface area contributed by atoms with Gasteiger partial charge in [0, 0.05) is 32.8 Å². The van der Waals surface area contributed by atoms with E-state index in [4.69, 9.17) is 10.5 Å². The Hall–Kier alpha value is -0.850. The van der Waals surface area contributed by atoms with Crippen molar-refractivity contribution < 1.29 is 9.53 Å². The number of benzene rings is 1. The number of nitrogens with two attached hydrogens (primary N) is 1. The molecule has 7 heteroatoms. The maximum atomic E-state index is 12.5. The Morgan fingerprint density at radius 1 is 1.21 bits per heavy atom. The van der Waals surface area contributed by atoms with Crippen molar-refractivity contribution in [3.63, 3.8) is 0 Å². The van der Waals surface area contributed by atoms with Gasteiger partial charge in [-0.1, -0.05) is 31.2 Å². The van der Waals surface area contributed by atoms with Crippen LogP contribution in [-0.2, 0) is 22.6 Å². The van der Waals surface area contributed by atoms with Gasteiger partial charge in [0.05, 0.1) is 6.04 Å². The summed E-state index contributed by atoms with van der Waals surface area (Å²) in [6.07, 6.45) is 4.36. The third-order valence-corrected chi connectivity index (χ3v) is 5.78. The standard InChI is InChI=1S/C21H33N3O2.2ClH/c1-16-5-4-10-24(14-16)15-19-7-3-2-6-18(19)13-23-21(25)20(22)17-8-11-26-12-9-17;;/h2-3,6-7,16-17,20H,4-5,8-15,22H2,1H3,(H,23,25);2*1H. The second kappa shape index (κ2) is 12.7. The maximum absolute atomic E-state index is 12.5. The highest BCUT2D eigenvalue weighted by Gasteiger charge is 2.26. The normalized spacial score (nSPS) is 21.9. The quantitative estimate of drug-likeness (QED) is 0.725. The van der Waals surface area contributed by atoms with Crippen LogP contribution >= 0.6 is 24.8 Å². The van der Waals surface area contributed by atoms with Gasteiger partial charge in [-0.25, -0.2) is 0 Å². The van der Waals surface area contributed by atoms with Crippen LogP contribution in [0, 0.1) is 11.8 Å². The third kappa shape index (κ3) is 7.20. The molecule has 2 fully saturated rings. The lowest BCUT2D eigenvalue weighted by Crippen LogP contribution is -2.46. The number of likely N-dealkylation sites (tertiary alicyclic amines) is 1. The fraction of sp³-hybridized carbons (Fsp3) is 0.667. The van der Waals surface area contributed by atoms with Crippen molar-refractivity contribution >= 4 is 30.7 Å². The molecule has 2 heterocycles. The van der Waals surface area contributed by atoms with Gasteiger partial charge in [-0.05, 0) is 55.2 Å². The van der Waals surface area contributed by atoms with Crippen molar-refractivity contribution in [2.75, 3.05) is 26.3 Å². The van der Waals surface area contributed by atoms with Crippen LogP contribution in [0.25, 0.3) is 0 Å². The highest BCUT2D eigenvalue weighted by molar-refractivity contribution is 5.85. The van der Waals surface area contributed by atoms with Gasteiger partial charge in [0.2, 0.25) is 5.91 Å². The monoisotopic (exact) mass is 431 g/mol. The van der Waals surface area contributed by atoms with E-state index in [1.54, 1.807) is 0 Å². The predicted molar refractivity (Wildman–Crippen MR) is 118 cm³/mol. The molecular weight excluding hydrogens is 397 g/mol. The number of amides is 1. The molecule has 28 heavy (non-hydrogen) atoms. The molecule has 0 bridgehead atoms. The summed E-state index contributed by atoms with van der Waals surface area (Å²) in [5.41, 5.74) is 8.68. The Balaban J connectivity index is 0.00000196. The van der Waals surface area contributed by atoms with Crippen molar-refractivity contribution in [3.8, 4) is 0 Å². The average Bonchev–Trinajstić information content (AvgIpc) is 2.67. The van der Waals surface area contributed by atoms with E-state index in [0.717, 1.165) is 31.8 Å². The first-order valence-electron chi connectivity index (χ1n) is 10.0. The van der Waals surface area contributed by atoms with Gasteiger partial charge in [0.25, 0.3) is 0 Å². The van der Waals surface area contributed by atoms with Crippen LogP contribution in [0.15, 0.2) is 24.3 Å². The van der Waals surface area contributed by atoms with Crippen molar-refractivity contribution in [3.05, 3.63) is 35.4 Å². The fourth-order valence-corrected chi connectivity index (χ4v) is 4.14. The number of halogens is 2. The second-order valence-electron chi connectivity index (χ2n) is 7.94. The van der Waals surface area contributed by atoms with E-state index in [1.165, 1.54) is 30.5 Å². The number of rotatable bonds is 6. The maximum Gasteiger partial charge on any atom is 0.237 e. The van der Waals surface area contributed by atoms with Crippen molar-refractivity contribution in [2.45, 2.75) is 51.7 Å². The SMILES string of the molecule is CC1CCCN(Cc2ccccc2CNC(=O)C(N)C2CCOCC2)C1.Cl.Cl. The largest absolute Gasteiger partial charge is 0.381 e. The zero-order chi connectivity index (χ0) is 18.4. The van der Waals surface area contributed by atoms with Crippen LogP contribution in [0.4, 0.5) is 0 Å². The summed E-state index contributed by atoms with van der Waals surface area (Å²) in [5.74, 6) is 0.959. The first-order valence-corrected chi connectivity index (χ1v) is 10.0. The molecule has 3 rings (SSSR count). The highest BCUT2D eigenvalue weighted by atomic mass is 35.5. The Labute approximate surface area is 181 Å². The number of nitrogens with one attached hydrogen (secondary N) is 1. The number of carbonyl (C=O) groups excluding carboxylic acids is 1. The molecule has 1 aromatic rings. The van der Waals surface area contributed by atoms with Gasteiger partial charge >= 0.3 is 0 Å². The molecule has 3 N–H and O–H groups in total. The molecule has 2 aliphatic heterocycles. The molecule has 2 unspecified atom stereocenters. The van der Waals surface area contributed by atoms with Crippen LogP contribution in [-0.4, -0.2) is 43.2 Å². The number of carbonyl (C=O) groups is 1. The lowest BCUT2D eigenvalue weighted by Gasteiger charge is -2.31. The Morgan fingerprint density at radius 2 is 1.89 bits per heavy atom. The smallest absolute Gasteiger partial charge is 0.237 e. The molecule has 160 valence electrons. The van der Waals surface area contributed by atoms with E-state index in [9.17, 15) is 4.79 Å². The lowest BCUT2D eigenvalue weighted by atomic mass is 9.92. The van der Waals surface area contributed by atoms with Crippen LogP contribution in [0.1, 0.15) is 43.7 Å². The Morgan fingerprint density at radius 3 is 2.57 bits per heavy atom. The van der Waals surface area contributed by atoms with E-state index in [-0.39, 0.29) is 36.6 Å². The van der Waals surface area contributed by atoms with E-state index >= 15 is 0 Å². The number of piperidine rings is 1. The van der Waals surface area contributed by atoms with Gasteiger partial charge in [-0.15, -0.1) is 24.8 Å². The minimum Gasteiger partial charge on any atom is -0.381 e. The summed E-state index contributed by atoms with van der Waals surface area (Å²) in [6.45, 7) is 7.59. The van der Waals surface area contributed by atoms with Gasteiger partial charge in [-0.2, -0.15) is 0 Å². The number of ether oxygens (including phenoxy) is 1. The molecular formula is C21H35Cl2N3O2. The molecule has 1 aromatic carbocycles. The summed E-state index contributed by atoms with van der Waals surface area (Å²) in [7, 11) is 0. The minimum absolute atomic E-state index is 0. The molecule has 1 amide bonds. The van der Waals surface area contributed by atoms with Crippen LogP contribution in [0.5, 0.6) is 0 Å². The van der Waals surface area contributed by atoms with Crippen molar-refractivity contribution in [1.29, 1.82) is 0 Å². The topological polar surface area (TPSA) is 67.6 Å². The van der Waals surface area contributed by atoms with E-state index < -0.39 is 6.04 Å². The first kappa shape index (κ1) is 25.2. The van der Waals surface area contributed by atoms with Crippen LogP contribution < -0.4 is 11.1 Å². The summed E-state index contributed by atoms with van der Waals surface area (Å²) in [5, 5.41) is 3.06. The molecule has 2 atom stereocenters. The fourth-order valence-electron chi connectivity index (χ4n) is 4.14. The average molecular weight is 432 g/mol. The van der Waals surface area contributed by atoms with Crippen LogP contribution in [0.2, 0.25) is 0 Å². The third-order valence-electron chi connectivity index (χ3n) is 5.78. The van der Waals surface area contributed by atoms with Gasteiger partial charge in [0.1, 0.15) is 0 Å². The number of hydrogen-bond acceptors (Lipinski definition) is 4. The van der Waals surface area contributed by atoms with Crippen LogP contribution in [0.3, 0.4) is 0 Å². The zero-order valence-electron chi connectivity index (χ0n) is 16.8. The van der Waals surface area contributed by atoms with Gasteiger partial charge < -0.3 is 15.8 Å². The highest BCUT2D eigenvalue weighted by Crippen LogP contribution is 2.20. The molecule has 0 aromatic heterocycles. The number of nitrogens with zero attached hydrogens (tertiary/aromatic N) is 1. The van der Waals surface area contributed by atoms with E-state index in [2.05, 4.69) is 35.3 Å². The molecule has 0 saturated carbocycles. The Bertz CT molecular complexity index is 597. The van der Waals surface area contributed by atoms with Gasteiger partial charge in [0.15, 0.2) is 0 Å². The molecule has 0 aliphatic carbocycles. The summed E-state index contributed by atoms with van der Waals surface area (Å²) < 4.78 is 5.36. The first-order chi connectivity index (χ1) is 12.6. The van der Waals surface area contributed by atoms with E-state index in [0.29, 0.717) is 19.8 Å². The molecule has 2 saturated heterocycles. The second-order valence-corrected chi connectivity index (χ2v) is 7.94. The molecule has 2 aliphatic rings. The minimum atomic E-state index is -0.436. The Kier molecular flexibility index (Phi) is 11.4. The molecule has 0 spiro atoms. The van der Waals surface area contributed by atoms with Crippen molar-refractivity contribution in [2.24, 2.45) is 17.6 Å².